The largest absolute Gasteiger partial charge is 0.417 e. The topological polar surface area (TPSA) is 75.2 Å². The first kappa shape index (κ1) is 26.1. The number of benzene rings is 3. The number of nitrogens with one attached hydrogen (secondary N) is 3. The van der Waals surface area contributed by atoms with Crippen LogP contribution in [-0.4, -0.2) is 16.5 Å². The smallest absolute Gasteiger partial charge is 0.326 e. The van der Waals surface area contributed by atoms with Gasteiger partial charge in [-0.05, 0) is 73.2 Å². The zero-order chi connectivity index (χ0) is 26.6. The monoisotopic (exact) mass is 528 g/mol. The van der Waals surface area contributed by atoms with Crippen LogP contribution in [0, 0.1) is 0 Å². The van der Waals surface area contributed by atoms with E-state index >= 15 is 0 Å². The van der Waals surface area contributed by atoms with Gasteiger partial charge in [-0.2, -0.15) is 13.2 Å². The van der Waals surface area contributed by atoms with E-state index in [4.69, 9.17) is 11.6 Å². The van der Waals surface area contributed by atoms with E-state index in [1.54, 1.807) is 24.3 Å². The average Bonchev–Trinajstić information content (AvgIpc) is 3.27. The van der Waals surface area contributed by atoms with Gasteiger partial charge in [0.2, 0.25) is 5.91 Å². The summed E-state index contributed by atoms with van der Waals surface area (Å²) in [6, 6.07) is 17.1. The molecule has 3 amide bonds. The van der Waals surface area contributed by atoms with Crippen LogP contribution < -0.4 is 16.0 Å². The predicted molar refractivity (Wildman–Crippen MR) is 141 cm³/mol. The maximum atomic E-state index is 13.0. The van der Waals surface area contributed by atoms with Gasteiger partial charge in [0, 0.05) is 40.8 Å². The molecular formula is C27H24ClF3N4O2. The van der Waals surface area contributed by atoms with Gasteiger partial charge in [0.15, 0.2) is 0 Å². The number of nitrogens with zero attached hydrogens (tertiary/aromatic N) is 1. The summed E-state index contributed by atoms with van der Waals surface area (Å²) >= 11 is 5.62. The number of fused-ring (bicyclic) bond motifs is 1. The summed E-state index contributed by atoms with van der Waals surface area (Å²) in [5, 5.41) is 8.41. The van der Waals surface area contributed by atoms with Crippen LogP contribution in [0.1, 0.15) is 31.7 Å². The number of carbonyl (C=O) groups excluding carboxylic acids is 2. The lowest BCUT2D eigenvalue weighted by atomic mass is 10.2. The number of hydrogen-bond acceptors (Lipinski definition) is 2. The van der Waals surface area contributed by atoms with Crippen molar-refractivity contribution in [1.29, 1.82) is 0 Å². The maximum Gasteiger partial charge on any atom is 0.417 e. The zero-order valence-corrected chi connectivity index (χ0v) is 20.6. The normalized spacial score (nSPS) is 11.4. The van der Waals surface area contributed by atoms with Crippen LogP contribution in [0.5, 0.6) is 0 Å². The predicted octanol–water partition coefficient (Wildman–Crippen LogP) is 8.08. The number of rotatable bonds is 7. The Kier molecular flexibility index (Phi) is 7.73. The number of amides is 3. The second-order valence-electron chi connectivity index (χ2n) is 8.43. The molecule has 3 aromatic carbocycles. The standard InChI is InChI=1S/C27H24ClF3N4O2/c1-2-3-4-25(36)32-19-8-12-24-17(15-19)13-14-35(24)21-9-5-18(6-10-21)33-26(37)34-20-7-11-23(28)22(16-20)27(29,30)31/h5-16H,2-4H2,1H3,(H,32,36)(H2,33,34,37). The number of halogens is 4. The molecule has 4 rings (SSSR count). The van der Waals surface area contributed by atoms with Crippen molar-refractivity contribution >= 4 is 51.5 Å². The van der Waals surface area contributed by atoms with Crippen molar-refractivity contribution in [3.05, 3.63) is 83.5 Å². The number of aromatic nitrogens is 1. The Morgan fingerprint density at radius 3 is 2.22 bits per heavy atom. The molecule has 37 heavy (non-hydrogen) atoms. The molecule has 0 aliphatic heterocycles. The van der Waals surface area contributed by atoms with Crippen LogP contribution in [0.3, 0.4) is 0 Å². The minimum Gasteiger partial charge on any atom is -0.326 e. The summed E-state index contributed by atoms with van der Waals surface area (Å²) in [5.74, 6) is -0.00962. The Bertz CT molecular complexity index is 1430. The highest BCUT2D eigenvalue weighted by atomic mass is 35.5. The summed E-state index contributed by atoms with van der Waals surface area (Å²) in [6.45, 7) is 2.04. The highest BCUT2D eigenvalue weighted by molar-refractivity contribution is 6.31. The van der Waals surface area contributed by atoms with Gasteiger partial charge in [-0.25, -0.2) is 4.79 Å². The van der Waals surface area contributed by atoms with Crippen molar-refractivity contribution in [3.63, 3.8) is 0 Å². The van der Waals surface area contributed by atoms with Gasteiger partial charge in [0.25, 0.3) is 0 Å². The Balaban J connectivity index is 1.42. The van der Waals surface area contributed by atoms with Crippen LogP contribution in [0.25, 0.3) is 16.6 Å². The Labute approximate surface area is 216 Å². The van der Waals surface area contributed by atoms with E-state index in [1.165, 1.54) is 6.07 Å². The van der Waals surface area contributed by atoms with E-state index in [9.17, 15) is 22.8 Å². The number of alkyl halides is 3. The third-order valence-corrected chi connectivity index (χ3v) is 5.99. The highest BCUT2D eigenvalue weighted by Gasteiger charge is 2.33. The first-order valence-electron chi connectivity index (χ1n) is 11.6. The molecule has 1 aromatic heterocycles. The molecule has 1 heterocycles. The van der Waals surface area contributed by atoms with E-state index in [2.05, 4.69) is 16.0 Å². The van der Waals surface area contributed by atoms with Gasteiger partial charge in [-0.3, -0.25) is 4.79 Å². The second-order valence-corrected chi connectivity index (χ2v) is 8.84. The van der Waals surface area contributed by atoms with Crippen molar-refractivity contribution in [1.82, 2.24) is 4.57 Å². The van der Waals surface area contributed by atoms with Crippen LogP contribution in [-0.2, 0) is 11.0 Å². The van der Waals surface area contributed by atoms with Crippen molar-refractivity contribution < 1.29 is 22.8 Å². The maximum absolute atomic E-state index is 13.0. The molecule has 0 unspecified atom stereocenters. The van der Waals surface area contributed by atoms with Gasteiger partial charge in [-0.15, -0.1) is 0 Å². The molecule has 0 radical (unpaired) electrons. The van der Waals surface area contributed by atoms with Crippen LogP contribution in [0.15, 0.2) is 72.9 Å². The summed E-state index contributed by atoms with van der Waals surface area (Å²) < 4.78 is 41.1. The van der Waals surface area contributed by atoms with Crippen molar-refractivity contribution in [2.24, 2.45) is 0 Å². The van der Waals surface area contributed by atoms with Crippen molar-refractivity contribution in [2.75, 3.05) is 16.0 Å². The molecule has 0 bridgehead atoms. The quantitative estimate of drug-likeness (QED) is 0.227. The molecule has 3 N–H and O–H groups in total. The van der Waals surface area contributed by atoms with Crippen molar-refractivity contribution in [3.8, 4) is 5.69 Å². The Morgan fingerprint density at radius 2 is 1.51 bits per heavy atom. The SMILES string of the molecule is CCCCC(=O)Nc1ccc2c(ccn2-c2ccc(NC(=O)Nc3ccc(Cl)c(C(F)(F)F)c3)cc2)c1. The van der Waals surface area contributed by atoms with Crippen LogP contribution in [0.2, 0.25) is 5.02 Å². The highest BCUT2D eigenvalue weighted by Crippen LogP contribution is 2.36. The lowest BCUT2D eigenvalue weighted by Crippen LogP contribution is -2.20. The Hall–Kier alpha value is -3.98. The fourth-order valence-corrected chi connectivity index (χ4v) is 4.05. The number of unbranched alkanes of at least 4 members (excludes halogenated alkanes) is 1. The molecule has 0 aliphatic carbocycles. The number of anilines is 3. The molecule has 0 spiro atoms. The minimum atomic E-state index is -4.63. The molecule has 0 saturated carbocycles. The van der Waals surface area contributed by atoms with Gasteiger partial charge in [0.05, 0.1) is 16.1 Å². The van der Waals surface area contributed by atoms with E-state index in [0.29, 0.717) is 12.1 Å². The summed E-state index contributed by atoms with van der Waals surface area (Å²) in [5.41, 5.74) is 1.91. The van der Waals surface area contributed by atoms with E-state index in [1.807, 2.05) is 42.0 Å². The third kappa shape index (κ3) is 6.42. The molecule has 6 nitrogen and oxygen atoms in total. The van der Waals surface area contributed by atoms with E-state index in [-0.39, 0.29) is 11.6 Å². The van der Waals surface area contributed by atoms with Crippen LogP contribution in [0.4, 0.5) is 35.0 Å². The first-order valence-corrected chi connectivity index (χ1v) is 12.0. The van der Waals surface area contributed by atoms with E-state index < -0.39 is 22.8 Å². The van der Waals surface area contributed by atoms with Gasteiger partial charge in [-0.1, -0.05) is 24.9 Å². The first-order chi connectivity index (χ1) is 17.6. The molecule has 0 fully saturated rings. The molecule has 10 heteroatoms. The van der Waals surface area contributed by atoms with Crippen molar-refractivity contribution in [2.45, 2.75) is 32.4 Å². The molecular weight excluding hydrogens is 505 g/mol. The number of urea groups is 1. The summed E-state index contributed by atoms with van der Waals surface area (Å²) in [6.07, 6.45) is -0.437. The molecule has 192 valence electrons. The lowest BCUT2D eigenvalue weighted by molar-refractivity contribution is -0.137. The third-order valence-electron chi connectivity index (χ3n) is 5.66. The lowest BCUT2D eigenvalue weighted by Gasteiger charge is -2.13. The molecule has 4 aromatic rings. The second kappa shape index (κ2) is 11.0. The van der Waals surface area contributed by atoms with E-state index in [0.717, 1.165) is 47.3 Å². The Morgan fingerprint density at radius 1 is 0.865 bits per heavy atom. The summed E-state index contributed by atoms with van der Waals surface area (Å²) in [4.78, 5) is 24.3. The molecule has 0 saturated heterocycles. The van der Waals surface area contributed by atoms with Gasteiger partial charge >= 0.3 is 12.2 Å². The number of carbonyl (C=O) groups is 2. The molecule has 0 aliphatic rings. The van der Waals surface area contributed by atoms with Crippen LogP contribution >= 0.6 is 11.6 Å². The van der Waals surface area contributed by atoms with Gasteiger partial charge in [0.1, 0.15) is 0 Å². The van der Waals surface area contributed by atoms with Gasteiger partial charge < -0.3 is 20.5 Å². The average molecular weight is 529 g/mol. The zero-order valence-electron chi connectivity index (χ0n) is 19.8. The summed E-state index contributed by atoms with van der Waals surface area (Å²) in [7, 11) is 0. The number of hydrogen-bond donors (Lipinski definition) is 3. The molecule has 0 atom stereocenters. The fourth-order valence-electron chi connectivity index (χ4n) is 3.83. The minimum absolute atomic E-state index is 0.00962. The fraction of sp³-hybridized carbons (Fsp3) is 0.185.